The van der Waals surface area contributed by atoms with Crippen LogP contribution in [0.3, 0.4) is 0 Å². The van der Waals surface area contributed by atoms with Crippen molar-refractivity contribution in [2.45, 2.75) is 45.3 Å². The summed E-state index contributed by atoms with van der Waals surface area (Å²) < 4.78 is 4.78. The summed E-state index contributed by atoms with van der Waals surface area (Å²) in [5.41, 5.74) is 3.36. The third-order valence-electron chi connectivity index (χ3n) is 6.15. The summed E-state index contributed by atoms with van der Waals surface area (Å²) in [6, 6.07) is 12.9. The first-order valence-electron chi connectivity index (χ1n) is 11.0. The number of ether oxygens (including phenoxy) is 1. The lowest BCUT2D eigenvalue weighted by atomic mass is 10.0. The number of hydrogen-bond acceptors (Lipinski definition) is 4. The zero-order chi connectivity index (χ0) is 23.3. The Morgan fingerprint density at radius 1 is 1.19 bits per heavy atom. The maximum absolute atomic E-state index is 13.4. The average molecular weight is 458 g/mol. The van der Waals surface area contributed by atoms with E-state index in [1.165, 1.54) is 7.11 Å². The highest BCUT2D eigenvalue weighted by atomic mass is 35.5. The van der Waals surface area contributed by atoms with Crippen LogP contribution in [0, 0.1) is 6.92 Å². The maximum Gasteiger partial charge on any atom is 0.337 e. The van der Waals surface area contributed by atoms with Gasteiger partial charge < -0.3 is 19.9 Å². The van der Waals surface area contributed by atoms with E-state index in [0.717, 1.165) is 42.6 Å². The van der Waals surface area contributed by atoms with E-state index < -0.39 is 0 Å². The van der Waals surface area contributed by atoms with Crippen molar-refractivity contribution in [3.8, 4) is 0 Å². The number of amides is 2. The molecular weight excluding hydrogens is 426 g/mol. The van der Waals surface area contributed by atoms with Gasteiger partial charge in [-0.2, -0.15) is 0 Å². The van der Waals surface area contributed by atoms with Crippen LogP contribution >= 0.6 is 11.6 Å². The molecule has 2 aromatic rings. The van der Waals surface area contributed by atoms with Gasteiger partial charge in [-0.15, -0.1) is 0 Å². The number of methoxy groups -OCH3 is 1. The van der Waals surface area contributed by atoms with Crippen molar-refractivity contribution < 1.29 is 14.3 Å². The summed E-state index contributed by atoms with van der Waals surface area (Å²) in [6.07, 6.45) is 1.84. The summed E-state index contributed by atoms with van der Waals surface area (Å²) >= 11 is 6.49. The fourth-order valence-electron chi connectivity index (χ4n) is 4.08. The molecule has 172 valence electrons. The molecule has 1 saturated heterocycles. The van der Waals surface area contributed by atoms with E-state index in [-0.39, 0.29) is 24.1 Å². The normalized spacial score (nSPS) is 15.8. The number of halogens is 1. The highest BCUT2D eigenvalue weighted by molar-refractivity contribution is 6.32. The topological polar surface area (TPSA) is 61.9 Å². The lowest BCUT2D eigenvalue weighted by Gasteiger charge is -2.38. The van der Waals surface area contributed by atoms with Crippen LogP contribution in [0.5, 0.6) is 0 Å². The van der Waals surface area contributed by atoms with Gasteiger partial charge in [-0.25, -0.2) is 9.59 Å². The van der Waals surface area contributed by atoms with E-state index >= 15 is 0 Å². The molecule has 1 fully saturated rings. The van der Waals surface area contributed by atoms with Crippen molar-refractivity contribution in [1.29, 1.82) is 0 Å². The number of rotatable bonds is 6. The summed E-state index contributed by atoms with van der Waals surface area (Å²) in [6.45, 7) is 6.29. The van der Waals surface area contributed by atoms with Gasteiger partial charge in [-0.3, -0.25) is 0 Å². The van der Waals surface area contributed by atoms with Crippen LogP contribution < -0.4 is 5.32 Å². The summed E-state index contributed by atoms with van der Waals surface area (Å²) in [7, 11) is 3.47. The molecule has 0 radical (unpaired) electrons. The molecule has 2 aromatic carbocycles. The minimum absolute atomic E-state index is 0.110. The Morgan fingerprint density at radius 3 is 2.47 bits per heavy atom. The number of aryl methyl sites for hydroxylation is 1. The highest BCUT2D eigenvalue weighted by Gasteiger charge is 2.28. The number of nitrogens with zero attached hydrogens (tertiary/aromatic N) is 2. The zero-order valence-electron chi connectivity index (χ0n) is 19.2. The number of likely N-dealkylation sites (tertiary alicyclic amines) is 1. The van der Waals surface area contributed by atoms with Crippen LogP contribution in [0.15, 0.2) is 42.5 Å². The number of carbonyl (C=O) groups excluding carboxylic acids is 2. The Bertz CT molecular complexity index is 940. The first kappa shape index (κ1) is 24.1. The van der Waals surface area contributed by atoms with Crippen LogP contribution in [0.4, 0.5) is 4.79 Å². The molecule has 32 heavy (non-hydrogen) atoms. The van der Waals surface area contributed by atoms with Gasteiger partial charge in [0.25, 0.3) is 0 Å². The fourth-order valence-corrected chi connectivity index (χ4v) is 4.37. The Morgan fingerprint density at radius 2 is 1.84 bits per heavy atom. The molecule has 3 rings (SSSR count). The molecule has 1 heterocycles. The number of benzene rings is 2. The molecule has 0 saturated carbocycles. The smallest absolute Gasteiger partial charge is 0.337 e. The molecular formula is C25H32ClN3O3. The number of carbonyl (C=O) groups is 2. The molecule has 2 amide bonds. The van der Waals surface area contributed by atoms with E-state index in [2.05, 4.69) is 17.3 Å². The first-order valence-corrected chi connectivity index (χ1v) is 11.4. The number of esters is 1. The molecule has 1 aliphatic rings. The van der Waals surface area contributed by atoms with Crippen LogP contribution in [-0.4, -0.2) is 55.1 Å². The van der Waals surface area contributed by atoms with E-state index in [4.69, 9.17) is 16.3 Å². The highest BCUT2D eigenvalue weighted by Crippen LogP contribution is 2.27. The van der Waals surface area contributed by atoms with E-state index in [0.29, 0.717) is 17.1 Å². The van der Waals surface area contributed by atoms with E-state index in [1.54, 1.807) is 12.1 Å². The Labute approximate surface area is 195 Å². The SMILES string of the molecule is COC(=O)c1ccc(CN(C(=O)NC(C)c2cccc(C)c2Cl)C2CCN(C)CC2)cc1. The van der Waals surface area contributed by atoms with Crippen LogP contribution in [0.2, 0.25) is 5.02 Å². The fraction of sp³-hybridized carbons (Fsp3) is 0.440. The number of piperidine rings is 1. The molecule has 1 atom stereocenters. The summed E-state index contributed by atoms with van der Waals surface area (Å²) in [5, 5.41) is 3.83. The molecule has 1 N–H and O–H groups in total. The molecule has 0 bridgehead atoms. The molecule has 0 aliphatic carbocycles. The summed E-state index contributed by atoms with van der Waals surface area (Å²) in [4.78, 5) is 29.3. The van der Waals surface area contributed by atoms with Crippen molar-refractivity contribution in [2.24, 2.45) is 0 Å². The Hall–Kier alpha value is -2.57. The third-order valence-corrected chi connectivity index (χ3v) is 6.66. The van der Waals surface area contributed by atoms with Crippen LogP contribution in [0.1, 0.15) is 52.9 Å². The van der Waals surface area contributed by atoms with Gasteiger partial charge in [0.2, 0.25) is 0 Å². The molecule has 1 unspecified atom stereocenters. The number of urea groups is 1. The number of hydrogen-bond donors (Lipinski definition) is 1. The van der Waals surface area contributed by atoms with Gasteiger partial charge in [0, 0.05) is 17.6 Å². The quantitative estimate of drug-likeness (QED) is 0.633. The minimum Gasteiger partial charge on any atom is -0.465 e. The van der Waals surface area contributed by atoms with Crippen LogP contribution in [0.25, 0.3) is 0 Å². The Balaban J connectivity index is 1.78. The van der Waals surface area contributed by atoms with Crippen molar-refractivity contribution in [3.05, 3.63) is 69.7 Å². The molecule has 0 spiro atoms. The average Bonchev–Trinajstić information content (AvgIpc) is 2.79. The van der Waals surface area contributed by atoms with E-state index in [9.17, 15) is 9.59 Å². The first-order chi connectivity index (χ1) is 15.3. The zero-order valence-corrected chi connectivity index (χ0v) is 20.0. The summed E-state index contributed by atoms with van der Waals surface area (Å²) in [5.74, 6) is -0.370. The largest absolute Gasteiger partial charge is 0.465 e. The third kappa shape index (κ3) is 5.81. The standard InChI is InChI=1S/C25H32ClN3O3/c1-17-6-5-7-22(23(17)26)18(2)27-25(31)29(21-12-14-28(3)15-13-21)16-19-8-10-20(11-9-19)24(30)32-4/h5-11,18,21H,12-16H2,1-4H3,(H,27,31). The van der Waals surface area contributed by atoms with Gasteiger partial charge in [0.05, 0.1) is 18.7 Å². The molecule has 6 nitrogen and oxygen atoms in total. The van der Waals surface area contributed by atoms with Gasteiger partial charge >= 0.3 is 12.0 Å². The minimum atomic E-state index is -0.370. The predicted octanol–water partition coefficient (Wildman–Crippen LogP) is 4.80. The van der Waals surface area contributed by atoms with Crippen molar-refractivity contribution >= 4 is 23.6 Å². The lowest BCUT2D eigenvalue weighted by molar-refractivity contribution is 0.0600. The maximum atomic E-state index is 13.4. The molecule has 1 aliphatic heterocycles. The second-order valence-electron chi connectivity index (χ2n) is 8.50. The van der Waals surface area contributed by atoms with Crippen molar-refractivity contribution in [3.63, 3.8) is 0 Å². The number of nitrogens with one attached hydrogen (secondary N) is 1. The van der Waals surface area contributed by atoms with Crippen molar-refractivity contribution in [1.82, 2.24) is 15.1 Å². The monoisotopic (exact) mass is 457 g/mol. The second-order valence-corrected chi connectivity index (χ2v) is 8.88. The second kappa shape index (κ2) is 10.8. The van der Waals surface area contributed by atoms with Gasteiger partial charge in [0.1, 0.15) is 0 Å². The van der Waals surface area contributed by atoms with Crippen LogP contribution in [-0.2, 0) is 11.3 Å². The predicted molar refractivity (Wildman–Crippen MR) is 127 cm³/mol. The van der Waals surface area contributed by atoms with Gasteiger partial charge in [-0.05, 0) is 75.6 Å². The van der Waals surface area contributed by atoms with Gasteiger partial charge in [-0.1, -0.05) is 41.9 Å². The Kier molecular flexibility index (Phi) is 8.15. The molecule has 0 aromatic heterocycles. The molecule has 7 heteroatoms. The lowest BCUT2D eigenvalue weighted by Crippen LogP contribution is -2.50. The van der Waals surface area contributed by atoms with E-state index in [1.807, 2.05) is 49.1 Å². The van der Waals surface area contributed by atoms with Gasteiger partial charge in [0.15, 0.2) is 0 Å². The van der Waals surface area contributed by atoms with Crippen molar-refractivity contribution in [2.75, 3.05) is 27.2 Å².